The maximum absolute atomic E-state index is 11.0. The molecule has 1 unspecified atom stereocenters. The fourth-order valence-electron chi connectivity index (χ4n) is 1.28. The van der Waals surface area contributed by atoms with Crippen LogP contribution in [0.2, 0.25) is 0 Å². The van der Waals surface area contributed by atoms with Crippen LogP contribution in [0.3, 0.4) is 0 Å². The zero-order chi connectivity index (χ0) is 12.3. The molecule has 0 saturated carbocycles. The highest BCUT2D eigenvalue weighted by atomic mass is 32.1. The first-order valence-electron chi connectivity index (χ1n) is 4.30. The molecule has 16 heavy (non-hydrogen) atoms. The summed E-state index contributed by atoms with van der Waals surface area (Å²) in [5.41, 5.74) is 3.39. The van der Waals surface area contributed by atoms with Crippen molar-refractivity contribution in [2.24, 2.45) is 5.73 Å². The van der Waals surface area contributed by atoms with Crippen LogP contribution >= 0.6 is 12.6 Å². The van der Waals surface area contributed by atoms with Crippen molar-refractivity contribution in [1.82, 2.24) is 0 Å². The Bertz CT molecular complexity index is 437. The zero-order valence-corrected chi connectivity index (χ0v) is 9.05. The Morgan fingerprint density at radius 1 is 1.56 bits per heavy atom. The first-order valence-corrected chi connectivity index (χ1v) is 4.93. The van der Waals surface area contributed by atoms with Crippen molar-refractivity contribution in [1.29, 1.82) is 0 Å². The van der Waals surface area contributed by atoms with Crippen LogP contribution in [0.15, 0.2) is 24.3 Å². The lowest BCUT2D eigenvalue weighted by molar-refractivity contribution is -0.386. The molecule has 1 atom stereocenters. The molecule has 7 heteroatoms. The number of thiol groups is 1. The van der Waals surface area contributed by atoms with E-state index >= 15 is 0 Å². The van der Waals surface area contributed by atoms with Crippen LogP contribution < -0.4 is 5.73 Å². The third kappa shape index (κ3) is 2.00. The molecular formula is C9H10N2O4S. The third-order valence-electron chi connectivity index (χ3n) is 2.21. The molecule has 86 valence electrons. The molecule has 0 radical (unpaired) electrons. The molecule has 3 N–H and O–H groups in total. The SMILES string of the molecule is NC(CS)(C(=O)O)c1ccccc1[N+](=O)[O-]. The van der Waals surface area contributed by atoms with Crippen molar-refractivity contribution >= 4 is 24.3 Å². The molecule has 0 aliphatic rings. The summed E-state index contributed by atoms with van der Waals surface area (Å²) in [7, 11) is 0. The fraction of sp³-hybridized carbons (Fsp3) is 0.222. The maximum Gasteiger partial charge on any atom is 0.329 e. The van der Waals surface area contributed by atoms with Crippen LogP contribution in [-0.4, -0.2) is 21.8 Å². The third-order valence-corrected chi connectivity index (χ3v) is 2.71. The molecule has 0 fully saturated rings. The molecule has 0 spiro atoms. The van der Waals surface area contributed by atoms with E-state index in [1.165, 1.54) is 24.3 Å². The van der Waals surface area contributed by atoms with Gasteiger partial charge in [0.15, 0.2) is 5.54 Å². The van der Waals surface area contributed by atoms with Crippen LogP contribution in [0.4, 0.5) is 5.69 Å². The Kier molecular flexibility index (Phi) is 3.51. The van der Waals surface area contributed by atoms with E-state index in [9.17, 15) is 14.9 Å². The lowest BCUT2D eigenvalue weighted by atomic mass is 9.91. The molecule has 0 aliphatic carbocycles. The summed E-state index contributed by atoms with van der Waals surface area (Å²) in [5.74, 6) is -1.58. The minimum Gasteiger partial charge on any atom is -0.480 e. The number of nitro groups is 1. The normalized spacial score (nSPS) is 14.1. The number of carbonyl (C=O) groups is 1. The van der Waals surface area contributed by atoms with Gasteiger partial charge in [0.2, 0.25) is 0 Å². The molecule has 0 bridgehead atoms. The Hall–Kier alpha value is -1.60. The van der Waals surface area contributed by atoms with Gasteiger partial charge in [0, 0.05) is 11.8 Å². The van der Waals surface area contributed by atoms with Crippen molar-refractivity contribution in [3.8, 4) is 0 Å². The zero-order valence-electron chi connectivity index (χ0n) is 8.16. The number of carboxylic acid groups (broad SMARTS) is 1. The van der Waals surface area contributed by atoms with Crippen LogP contribution in [0, 0.1) is 10.1 Å². The first-order chi connectivity index (χ1) is 7.43. The summed E-state index contributed by atoms with van der Waals surface area (Å²) < 4.78 is 0. The van der Waals surface area contributed by atoms with Gasteiger partial charge in [-0.3, -0.25) is 10.1 Å². The number of nitrogens with zero attached hydrogens (tertiary/aromatic N) is 1. The highest BCUT2D eigenvalue weighted by Crippen LogP contribution is 2.29. The average molecular weight is 242 g/mol. The topological polar surface area (TPSA) is 106 Å². The monoisotopic (exact) mass is 242 g/mol. The second kappa shape index (κ2) is 4.50. The molecule has 0 saturated heterocycles. The Morgan fingerprint density at radius 3 is 2.56 bits per heavy atom. The smallest absolute Gasteiger partial charge is 0.329 e. The lowest BCUT2D eigenvalue weighted by Crippen LogP contribution is -2.47. The van der Waals surface area contributed by atoms with E-state index in [4.69, 9.17) is 10.8 Å². The Morgan fingerprint density at radius 2 is 2.12 bits per heavy atom. The lowest BCUT2D eigenvalue weighted by Gasteiger charge is -2.22. The minimum absolute atomic E-state index is 0.0532. The van der Waals surface area contributed by atoms with Gasteiger partial charge in [-0.25, -0.2) is 4.79 Å². The van der Waals surface area contributed by atoms with E-state index in [-0.39, 0.29) is 17.0 Å². The van der Waals surface area contributed by atoms with Crippen LogP contribution in [-0.2, 0) is 10.3 Å². The largest absolute Gasteiger partial charge is 0.480 e. The van der Waals surface area contributed by atoms with Crippen molar-refractivity contribution in [2.45, 2.75) is 5.54 Å². The highest BCUT2D eigenvalue weighted by molar-refractivity contribution is 7.80. The Balaban J connectivity index is 3.41. The van der Waals surface area contributed by atoms with Gasteiger partial charge in [0.25, 0.3) is 5.69 Å². The van der Waals surface area contributed by atoms with Gasteiger partial charge in [-0.1, -0.05) is 12.1 Å². The molecule has 1 aromatic carbocycles. The number of nitrogens with two attached hydrogens (primary N) is 1. The maximum atomic E-state index is 11.0. The molecule has 0 heterocycles. The van der Waals surface area contributed by atoms with Crippen LogP contribution in [0.5, 0.6) is 0 Å². The van der Waals surface area contributed by atoms with E-state index in [0.29, 0.717) is 0 Å². The predicted octanol–water partition coefficient (Wildman–Crippen LogP) is 0.763. The van der Waals surface area contributed by atoms with Gasteiger partial charge in [0.05, 0.1) is 10.5 Å². The van der Waals surface area contributed by atoms with E-state index in [1.54, 1.807) is 0 Å². The minimum atomic E-state index is -1.85. The van der Waals surface area contributed by atoms with Gasteiger partial charge in [-0.05, 0) is 6.07 Å². The Labute approximate surface area is 96.6 Å². The van der Waals surface area contributed by atoms with Crippen LogP contribution in [0.25, 0.3) is 0 Å². The van der Waals surface area contributed by atoms with Crippen molar-refractivity contribution in [2.75, 3.05) is 5.75 Å². The van der Waals surface area contributed by atoms with Gasteiger partial charge in [-0.2, -0.15) is 12.6 Å². The second-order valence-corrected chi connectivity index (χ2v) is 3.53. The standard InChI is InChI=1S/C9H10N2O4S/c10-9(5-16,8(12)13)6-3-1-2-4-7(6)11(14)15/h1-4,16H,5,10H2,(H,12,13). The molecule has 0 amide bonds. The molecule has 0 aliphatic heterocycles. The summed E-state index contributed by atoms with van der Waals surface area (Å²) in [5, 5.41) is 19.7. The molecule has 1 rings (SSSR count). The van der Waals surface area contributed by atoms with Gasteiger partial charge in [0.1, 0.15) is 0 Å². The van der Waals surface area contributed by atoms with Gasteiger partial charge >= 0.3 is 5.97 Å². The van der Waals surface area contributed by atoms with Crippen molar-refractivity contribution < 1.29 is 14.8 Å². The van der Waals surface area contributed by atoms with E-state index in [1.807, 2.05) is 0 Å². The summed E-state index contributed by atoms with van der Waals surface area (Å²) in [6.07, 6.45) is 0. The van der Waals surface area contributed by atoms with Gasteiger partial charge < -0.3 is 10.8 Å². The van der Waals surface area contributed by atoms with Crippen molar-refractivity contribution in [3.63, 3.8) is 0 Å². The molecule has 1 aromatic rings. The summed E-state index contributed by atoms with van der Waals surface area (Å²) in [6.45, 7) is 0. The highest BCUT2D eigenvalue weighted by Gasteiger charge is 2.39. The summed E-state index contributed by atoms with van der Waals surface area (Å²) in [6, 6.07) is 5.48. The quantitative estimate of drug-likeness (QED) is 0.410. The van der Waals surface area contributed by atoms with E-state index < -0.39 is 16.4 Å². The second-order valence-electron chi connectivity index (χ2n) is 3.21. The number of carboxylic acids is 1. The number of hydrogen-bond donors (Lipinski definition) is 3. The first kappa shape index (κ1) is 12.5. The summed E-state index contributed by atoms with van der Waals surface area (Å²) in [4.78, 5) is 21.1. The summed E-state index contributed by atoms with van der Waals surface area (Å²) >= 11 is 3.84. The number of benzene rings is 1. The molecule has 6 nitrogen and oxygen atoms in total. The number of hydrogen-bond acceptors (Lipinski definition) is 5. The van der Waals surface area contributed by atoms with Gasteiger partial charge in [-0.15, -0.1) is 0 Å². The number of para-hydroxylation sites is 1. The fourth-order valence-corrected chi connectivity index (χ4v) is 1.58. The number of nitro benzene ring substituents is 1. The number of rotatable bonds is 4. The van der Waals surface area contributed by atoms with Crippen LogP contribution in [0.1, 0.15) is 5.56 Å². The van der Waals surface area contributed by atoms with E-state index in [0.717, 1.165) is 0 Å². The molecule has 0 aromatic heterocycles. The van der Waals surface area contributed by atoms with Crippen molar-refractivity contribution in [3.05, 3.63) is 39.9 Å². The predicted molar refractivity (Wildman–Crippen MR) is 60.5 cm³/mol. The number of aliphatic carboxylic acids is 1. The average Bonchev–Trinajstić information content (AvgIpc) is 2.27. The molecular weight excluding hydrogens is 232 g/mol. The van der Waals surface area contributed by atoms with E-state index in [2.05, 4.69) is 12.6 Å².